The lowest BCUT2D eigenvalue weighted by atomic mass is 10.3. The molecule has 0 saturated carbocycles. The second-order valence-electron chi connectivity index (χ2n) is 4.52. The molecule has 0 aromatic heterocycles. The van der Waals surface area contributed by atoms with Gasteiger partial charge in [0, 0.05) is 42.9 Å². The van der Waals surface area contributed by atoms with Crippen molar-refractivity contribution in [3.63, 3.8) is 0 Å². The van der Waals surface area contributed by atoms with Gasteiger partial charge in [0.15, 0.2) is 0 Å². The highest BCUT2D eigenvalue weighted by Gasteiger charge is 2.15. The van der Waals surface area contributed by atoms with Crippen molar-refractivity contribution in [3.8, 4) is 0 Å². The van der Waals surface area contributed by atoms with Gasteiger partial charge in [-0.25, -0.2) is 8.42 Å². The zero-order valence-electron chi connectivity index (χ0n) is 10.6. The van der Waals surface area contributed by atoms with Crippen LogP contribution in [-0.4, -0.2) is 51.8 Å². The van der Waals surface area contributed by atoms with Crippen LogP contribution >= 0.6 is 15.9 Å². The van der Waals surface area contributed by atoms with Gasteiger partial charge in [0.05, 0.1) is 5.75 Å². The van der Waals surface area contributed by atoms with E-state index in [0.29, 0.717) is 12.2 Å². The van der Waals surface area contributed by atoms with Crippen molar-refractivity contribution in [1.29, 1.82) is 0 Å². The number of hydrogen-bond acceptors (Lipinski definition) is 4. The maximum atomic E-state index is 12.0. The van der Waals surface area contributed by atoms with Gasteiger partial charge in [0.25, 0.3) is 0 Å². The lowest BCUT2D eigenvalue weighted by Crippen LogP contribution is -2.45. The van der Waals surface area contributed by atoms with E-state index < -0.39 is 10.0 Å². The predicted octanol–water partition coefficient (Wildman–Crippen LogP) is 1.10. The maximum Gasteiger partial charge on any atom is 0.233 e. The second-order valence-corrected chi connectivity index (χ2v) is 7.28. The zero-order valence-corrected chi connectivity index (χ0v) is 13.0. The first kappa shape index (κ1) is 14.8. The van der Waals surface area contributed by atoms with Gasteiger partial charge in [-0.05, 0) is 24.3 Å². The van der Waals surface area contributed by atoms with Crippen molar-refractivity contribution in [2.24, 2.45) is 0 Å². The van der Waals surface area contributed by atoms with E-state index in [1.54, 1.807) is 12.1 Å². The predicted molar refractivity (Wildman–Crippen MR) is 80.9 cm³/mol. The average molecular weight is 348 g/mol. The Morgan fingerprint density at radius 1 is 1.21 bits per heavy atom. The first-order valence-electron chi connectivity index (χ1n) is 6.24. The number of nitrogens with zero attached hydrogens (tertiary/aromatic N) is 1. The lowest BCUT2D eigenvalue weighted by Gasteiger charge is -2.26. The number of sulfonamides is 1. The van der Waals surface area contributed by atoms with Crippen LogP contribution in [0.25, 0.3) is 0 Å². The number of piperazine rings is 1. The fourth-order valence-electron chi connectivity index (χ4n) is 1.93. The van der Waals surface area contributed by atoms with E-state index in [4.69, 9.17) is 0 Å². The van der Waals surface area contributed by atoms with Gasteiger partial charge in [0.1, 0.15) is 0 Å². The molecule has 0 aliphatic carbocycles. The summed E-state index contributed by atoms with van der Waals surface area (Å²) in [5, 5.41) is 3.25. The fourth-order valence-corrected chi connectivity index (χ4v) is 3.29. The number of nitrogens with one attached hydrogen (secondary N) is 2. The van der Waals surface area contributed by atoms with Crippen molar-refractivity contribution >= 4 is 31.6 Å². The van der Waals surface area contributed by atoms with E-state index in [-0.39, 0.29) is 5.75 Å². The van der Waals surface area contributed by atoms with Gasteiger partial charge in [-0.3, -0.25) is 9.62 Å². The molecule has 0 radical (unpaired) electrons. The summed E-state index contributed by atoms with van der Waals surface area (Å²) in [6, 6.07) is 7.11. The Balaban J connectivity index is 1.85. The maximum absolute atomic E-state index is 12.0. The van der Waals surface area contributed by atoms with E-state index in [2.05, 4.69) is 30.9 Å². The van der Waals surface area contributed by atoms with Gasteiger partial charge >= 0.3 is 0 Å². The smallest absolute Gasteiger partial charge is 0.233 e. The highest BCUT2D eigenvalue weighted by molar-refractivity contribution is 9.10. The Morgan fingerprint density at radius 2 is 1.84 bits per heavy atom. The van der Waals surface area contributed by atoms with Crippen molar-refractivity contribution in [2.45, 2.75) is 0 Å². The Morgan fingerprint density at radius 3 is 2.47 bits per heavy atom. The fraction of sp³-hybridized carbons (Fsp3) is 0.500. The molecule has 0 bridgehead atoms. The summed E-state index contributed by atoms with van der Waals surface area (Å²) < 4.78 is 27.4. The summed E-state index contributed by atoms with van der Waals surface area (Å²) in [7, 11) is -3.27. The van der Waals surface area contributed by atoms with E-state index in [9.17, 15) is 8.42 Å². The largest absolute Gasteiger partial charge is 0.314 e. The van der Waals surface area contributed by atoms with E-state index in [1.807, 2.05) is 12.1 Å². The number of rotatable bonds is 5. The molecule has 19 heavy (non-hydrogen) atoms. The van der Waals surface area contributed by atoms with Gasteiger partial charge in [-0.15, -0.1) is 0 Å². The third kappa shape index (κ3) is 5.10. The van der Waals surface area contributed by atoms with Crippen LogP contribution in [0.2, 0.25) is 0 Å². The van der Waals surface area contributed by atoms with E-state index in [1.165, 1.54) is 0 Å². The summed E-state index contributed by atoms with van der Waals surface area (Å²) >= 11 is 3.32. The molecule has 1 heterocycles. The SMILES string of the molecule is O=S(=O)(CCN1CCNCC1)Nc1ccc(Br)cc1. The van der Waals surface area contributed by atoms with Crippen molar-refractivity contribution in [1.82, 2.24) is 10.2 Å². The molecule has 2 rings (SSSR count). The Labute approximate surface area is 122 Å². The number of halogens is 1. The standard InChI is InChI=1S/C12H18BrN3O2S/c13-11-1-3-12(4-2-11)15-19(17,18)10-9-16-7-5-14-6-8-16/h1-4,14-15H,5-10H2. The first-order chi connectivity index (χ1) is 9.05. The monoisotopic (exact) mass is 347 g/mol. The van der Waals surface area contributed by atoms with Crippen LogP contribution in [0.4, 0.5) is 5.69 Å². The lowest BCUT2D eigenvalue weighted by molar-refractivity contribution is 0.254. The van der Waals surface area contributed by atoms with Crippen molar-refractivity contribution in [2.75, 3.05) is 43.2 Å². The third-order valence-corrected chi connectivity index (χ3v) is 4.80. The molecular weight excluding hydrogens is 330 g/mol. The Hall–Kier alpha value is -0.630. The van der Waals surface area contributed by atoms with Crippen molar-refractivity contribution < 1.29 is 8.42 Å². The normalized spacial score (nSPS) is 17.3. The molecule has 0 unspecified atom stereocenters. The van der Waals surface area contributed by atoms with Crippen LogP contribution in [0, 0.1) is 0 Å². The molecular formula is C12H18BrN3O2S. The van der Waals surface area contributed by atoms with Gasteiger partial charge in [0.2, 0.25) is 10.0 Å². The van der Waals surface area contributed by atoms with Gasteiger partial charge < -0.3 is 5.32 Å². The highest BCUT2D eigenvalue weighted by Crippen LogP contribution is 2.15. The molecule has 2 N–H and O–H groups in total. The summed E-state index contributed by atoms with van der Waals surface area (Å²) in [6.07, 6.45) is 0. The van der Waals surface area contributed by atoms with Crippen LogP contribution in [0.15, 0.2) is 28.7 Å². The minimum atomic E-state index is -3.27. The first-order valence-corrected chi connectivity index (χ1v) is 8.69. The van der Waals surface area contributed by atoms with E-state index in [0.717, 1.165) is 30.7 Å². The molecule has 0 spiro atoms. The van der Waals surface area contributed by atoms with Crippen LogP contribution < -0.4 is 10.0 Å². The molecule has 106 valence electrons. The van der Waals surface area contributed by atoms with Crippen LogP contribution in [0.3, 0.4) is 0 Å². The number of anilines is 1. The van der Waals surface area contributed by atoms with Crippen LogP contribution in [0.1, 0.15) is 0 Å². The molecule has 1 aromatic rings. The quantitative estimate of drug-likeness (QED) is 0.837. The van der Waals surface area contributed by atoms with Crippen molar-refractivity contribution in [3.05, 3.63) is 28.7 Å². The Kier molecular flexibility index (Phi) is 5.20. The molecule has 0 amide bonds. The molecule has 5 nitrogen and oxygen atoms in total. The summed E-state index contributed by atoms with van der Waals surface area (Å²) in [4.78, 5) is 2.16. The summed E-state index contributed by atoms with van der Waals surface area (Å²) in [5.41, 5.74) is 0.600. The van der Waals surface area contributed by atoms with Gasteiger partial charge in [-0.2, -0.15) is 0 Å². The molecule has 1 aliphatic heterocycles. The topological polar surface area (TPSA) is 61.4 Å². The molecule has 1 fully saturated rings. The number of benzene rings is 1. The molecule has 0 atom stereocenters. The zero-order chi connectivity index (χ0) is 13.7. The Bertz CT molecular complexity index is 498. The summed E-state index contributed by atoms with van der Waals surface area (Å²) in [5.74, 6) is 0.128. The average Bonchev–Trinajstić information content (AvgIpc) is 2.40. The summed E-state index contributed by atoms with van der Waals surface area (Å²) in [6.45, 7) is 4.26. The molecule has 7 heteroatoms. The van der Waals surface area contributed by atoms with Gasteiger partial charge in [-0.1, -0.05) is 15.9 Å². The minimum absolute atomic E-state index is 0.128. The molecule has 1 saturated heterocycles. The van der Waals surface area contributed by atoms with Crippen LogP contribution in [0.5, 0.6) is 0 Å². The molecule has 1 aromatic carbocycles. The van der Waals surface area contributed by atoms with Crippen LogP contribution in [-0.2, 0) is 10.0 Å². The minimum Gasteiger partial charge on any atom is -0.314 e. The third-order valence-electron chi connectivity index (χ3n) is 3.00. The highest BCUT2D eigenvalue weighted by atomic mass is 79.9. The van der Waals surface area contributed by atoms with E-state index >= 15 is 0 Å². The molecule has 1 aliphatic rings. The number of hydrogen-bond donors (Lipinski definition) is 2. The second kappa shape index (κ2) is 6.69.